The van der Waals surface area contributed by atoms with Crippen LogP contribution in [-0.4, -0.2) is 30.7 Å². The summed E-state index contributed by atoms with van der Waals surface area (Å²) in [5, 5.41) is 0. The fourth-order valence-corrected chi connectivity index (χ4v) is 2.36. The Bertz CT molecular complexity index is 116. The summed E-state index contributed by atoms with van der Waals surface area (Å²) < 4.78 is 1.30. The predicted octanol–water partition coefficient (Wildman–Crippen LogP) is 3.15. The molecule has 2 heteroatoms. The molecule has 0 unspecified atom stereocenters. The maximum absolute atomic E-state index is 2.33. The van der Waals surface area contributed by atoms with Gasteiger partial charge < -0.3 is 4.48 Å². The van der Waals surface area contributed by atoms with Gasteiger partial charge in [-0.25, -0.2) is 0 Å². The van der Waals surface area contributed by atoms with Gasteiger partial charge in [0.15, 0.2) is 0 Å². The van der Waals surface area contributed by atoms with Crippen molar-refractivity contribution in [3.8, 4) is 0 Å². The molecule has 0 aliphatic rings. The minimum absolute atomic E-state index is 0. The molecule has 0 aliphatic heterocycles. The van der Waals surface area contributed by atoms with Crippen LogP contribution >= 0.6 is 0 Å². The summed E-state index contributed by atoms with van der Waals surface area (Å²) in [7, 11) is 0. The van der Waals surface area contributed by atoms with Gasteiger partial charge in [-0.05, 0) is 13.8 Å². The molecule has 0 aromatic rings. The van der Waals surface area contributed by atoms with E-state index in [1.807, 2.05) is 0 Å². The van der Waals surface area contributed by atoms with Crippen molar-refractivity contribution in [3.05, 3.63) is 0 Å². The van der Waals surface area contributed by atoms with Gasteiger partial charge in [-0.15, -0.1) is 0 Å². The van der Waals surface area contributed by atoms with Gasteiger partial charge >= 0.3 is 0 Å². The first-order valence-electron chi connectivity index (χ1n) is 5.81. The monoisotopic (exact) mass is 366 g/mol. The molecule has 0 heterocycles. The average molecular weight is 365 g/mol. The SMILES string of the molecule is CC[N+](CC)(CC(C)C)CC(C)C.[Hf]. The van der Waals surface area contributed by atoms with Crippen LogP contribution in [0.3, 0.4) is 0 Å². The molecule has 0 bridgehead atoms. The summed E-state index contributed by atoms with van der Waals surface area (Å²) in [5.41, 5.74) is 0. The summed E-state index contributed by atoms with van der Waals surface area (Å²) in [6.45, 7) is 19.2. The maximum Gasteiger partial charge on any atom is 0.0809 e. The third-order valence-corrected chi connectivity index (χ3v) is 2.85. The first-order chi connectivity index (χ1) is 5.95. The van der Waals surface area contributed by atoms with Crippen molar-refractivity contribution < 1.29 is 30.3 Å². The second kappa shape index (κ2) is 8.04. The van der Waals surface area contributed by atoms with Gasteiger partial charge in [-0.1, -0.05) is 27.7 Å². The van der Waals surface area contributed by atoms with Crippen LogP contribution in [0.15, 0.2) is 0 Å². The molecule has 0 amide bonds. The van der Waals surface area contributed by atoms with E-state index >= 15 is 0 Å². The standard InChI is InChI=1S/C12H28N.Hf/c1-7-13(8-2,9-11(3)4)10-12(5)6;/h11-12H,7-10H2,1-6H3;/q+1;. The van der Waals surface area contributed by atoms with E-state index in [1.165, 1.54) is 30.7 Å². The van der Waals surface area contributed by atoms with E-state index in [0.29, 0.717) is 0 Å². The quantitative estimate of drug-likeness (QED) is 0.501. The Hall–Kier alpha value is 0.830. The first-order valence-corrected chi connectivity index (χ1v) is 5.81. The van der Waals surface area contributed by atoms with E-state index in [0.717, 1.165) is 11.8 Å². The van der Waals surface area contributed by atoms with Gasteiger partial charge in [0.2, 0.25) is 0 Å². The van der Waals surface area contributed by atoms with Gasteiger partial charge in [-0.3, -0.25) is 0 Å². The predicted molar refractivity (Wildman–Crippen MR) is 60.8 cm³/mol. The van der Waals surface area contributed by atoms with Crippen molar-refractivity contribution in [2.75, 3.05) is 26.2 Å². The molecule has 0 spiro atoms. The smallest absolute Gasteiger partial charge is 0.0809 e. The molecular weight excluding hydrogens is 337 g/mol. The van der Waals surface area contributed by atoms with Crippen LogP contribution in [0.5, 0.6) is 0 Å². The molecule has 0 saturated carbocycles. The van der Waals surface area contributed by atoms with Crippen LogP contribution in [0, 0.1) is 11.8 Å². The molecule has 0 saturated heterocycles. The van der Waals surface area contributed by atoms with E-state index in [-0.39, 0.29) is 25.8 Å². The minimum atomic E-state index is 0. The van der Waals surface area contributed by atoms with Crippen molar-refractivity contribution in [1.29, 1.82) is 0 Å². The molecule has 0 aromatic carbocycles. The Labute approximate surface area is 110 Å². The molecule has 0 aliphatic carbocycles. The second-order valence-corrected chi connectivity index (χ2v) is 5.13. The molecule has 0 fully saturated rings. The zero-order valence-electron chi connectivity index (χ0n) is 10.9. The van der Waals surface area contributed by atoms with Crippen molar-refractivity contribution in [2.45, 2.75) is 41.5 Å². The van der Waals surface area contributed by atoms with Crippen molar-refractivity contribution in [1.82, 2.24) is 0 Å². The Kier molecular flexibility index (Phi) is 9.89. The molecular formula is C12H28HfN+. The topological polar surface area (TPSA) is 0 Å². The molecule has 0 atom stereocenters. The Morgan fingerprint density at radius 2 is 1.07 bits per heavy atom. The zero-order valence-corrected chi connectivity index (χ0v) is 14.5. The van der Waals surface area contributed by atoms with Crippen LogP contribution < -0.4 is 0 Å². The number of nitrogens with zero attached hydrogens (tertiary/aromatic N) is 1. The van der Waals surface area contributed by atoms with Gasteiger partial charge in [0, 0.05) is 37.7 Å². The van der Waals surface area contributed by atoms with Crippen molar-refractivity contribution in [2.24, 2.45) is 11.8 Å². The molecule has 0 rings (SSSR count). The fraction of sp³-hybridized carbons (Fsp3) is 1.00. The van der Waals surface area contributed by atoms with E-state index in [1.54, 1.807) is 0 Å². The molecule has 0 aromatic heterocycles. The summed E-state index contributed by atoms with van der Waals surface area (Å²) >= 11 is 0. The molecule has 14 heavy (non-hydrogen) atoms. The third kappa shape index (κ3) is 6.34. The molecule has 0 N–H and O–H groups in total. The largest absolute Gasteiger partial charge is 0.324 e. The summed E-state index contributed by atoms with van der Waals surface area (Å²) in [5.74, 6) is 1.64. The van der Waals surface area contributed by atoms with Gasteiger partial charge in [0.1, 0.15) is 0 Å². The summed E-state index contributed by atoms with van der Waals surface area (Å²) in [6.07, 6.45) is 0. The van der Waals surface area contributed by atoms with Gasteiger partial charge in [-0.2, -0.15) is 0 Å². The molecule has 84 valence electrons. The number of quaternary nitrogens is 1. The average Bonchev–Trinajstić information content (AvgIpc) is 2.01. The summed E-state index contributed by atoms with van der Waals surface area (Å²) in [4.78, 5) is 0. The Morgan fingerprint density at radius 3 is 1.21 bits per heavy atom. The maximum atomic E-state index is 2.33. The van der Waals surface area contributed by atoms with Crippen LogP contribution in [0.4, 0.5) is 0 Å². The fourth-order valence-electron chi connectivity index (χ4n) is 2.36. The Morgan fingerprint density at radius 1 is 0.786 bits per heavy atom. The van der Waals surface area contributed by atoms with Crippen molar-refractivity contribution >= 4 is 0 Å². The van der Waals surface area contributed by atoms with Crippen LogP contribution in [-0.2, 0) is 25.8 Å². The normalized spacial score (nSPS) is 12.0. The van der Waals surface area contributed by atoms with Gasteiger partial charge in [0.25, 0.3) is 0 Å². The zero-order chi connectivity index (χ0) is 10.5. The van der Waals surface area contributed by atoms with Crippen molar-refractivity contribution in [3.63, 3.8) is 0 Å². The van der Waals surface area contributed by atoms with Crippen LogP contribution in [0.1, 0.15) is 41.5 Å². The molecule has 0 radical (unpaired) electrons. The third-order valence-electron chi connectivity index (χ3n) is 2.85. The van der Waals surface area contributed by atoms with E-state index in [4.69, 9.17) is 0 Å². The number of rotatable bonds is 6. The van der Waals surface area contributed by atoms with Crippen LogP contribution in [0.25, 0.3) is 0 Å². The first kappa shape index (κ1) is 17.2. The van der Waals surface area contributed by atoms with Gasteiger partial charge in [0.05, 0.1) is 26.2 Å². The Balaban J connectivity index is 0. The summed E-state index contributed by atoms with van der Waals surface area (Å²) in [6, 6.07) is 0. The number of hydrogen-bond donors (Lipinski definition) is 0. The minimum Gasteiger partial charge on any atom is -0.324 e. The number of hydrogen-bond acceptors (Lipinski definition) is 0. The second-order valence-electron chi connectivity index (χ2n) is 5.13. The van der Waals surface area contributed by atoms with E-state index < -0.39 is 0 Å². The van der Waals surface area contributed by atoms with Crippen LogP contribution in [0.2, 0.25) is 0 Å². The van der Waals surface area contributed by atoms with E-state index in [2.05, 4.69) is 41.5 Å². The molecule has 1 nitrogen and oxygen atoms in total. The van der Waals surface area contributed by atoms with E-state index in [9.17, 15) is 0 Å².